The standard InChI is InChI=1S/C14H13N3O3S/c18-12(19)6-5-10-8-15-14(21-10)16-13(20)11-2-1-7-17(11)9-3-4-9/h1-2,5-9H,3-4H2,(H,18,19)(H,15,16,20). The summed E-state index contributed by atoms with van der Waals surface area (Å²) in [6, 6.07) is 4.08. The first kappa shape index (κ1) is 13.6. The molecular formula is C14H13N3O3S. The second-order valence-electron chi connectivity index (χ2n) is 4.73. The van der Waals surface area contributed by atoms with Crippen LogP contribution in [0.4, 0.5) is 5.13 Å². The summed E-state index contributed by atoms with van der Waals surface area (Å²) in [6.07, 6.45) is 8.14. The number of nitrogens with zero attached hydrogens (tertiary/aromatic N) is 2. The van der Waals surface area contributed by atoms with Gasteiger partial charge in [-0.2, -0.15) is 0 Å². The van der Waals surface area contributed by atoms with Crippen LogP contribution in [0.15, 0.2) is 30.6 Å². The molecule has 1 amide bonds. The van der Waals surface area contributed by atoms with Crippen LogP contribution in [0.25, 0.3) is 6.08 Å². The number of hydrogen-bond donors (Lipinski definition) is 2. The van der Waals surface area contributed by atoms with E-state index in [-0.39, 0.29) is 5.91 Å². The normalized spacial score (nSPS) is 14.5. The van der Waals surface area contributed by atoms with E-state index in [0.717, 1.165) is 18.9 Å². The quantitative estimate of drug-likeness (QED) is 0.832. The van der Waals surface area contributed by atoms with E-state index in [9.17, 15) is 9.59 Å². The number of thiazole rings is 1. The number of aliphatic carboxylic acids is 1. The maximum atomic E-state index is 12.2. The molecule has 21 heavy (non-hydrogen) atoms. The third-order valence-electron chi connectivity index (χ3n) is 3.09. The van der Waals surface area contributed by atoms with E-state index in [1.807, 2.05) is 16.8 Å². The van der Waals surface area contributed by atoms with Crippen molar-refractivity contribution in [3.05, 3.63) is 41.2 Å². The Kier molecular flexibility index (Phi) is 3.57. The molecule has 2 aromatic rings. The minimum atomic E-state index is -1.02. The van der Waals surface area contributed by atoms with Crippen molar-refractivity contribution in [1.82, 2.24) is 9.55 Å². The van der Waals surface area contributed by atoms with Gasteiger partial charge in [0.15, 0.2) is 5.13 Å². The van der Waals surface area contributed by atoms with E-state index >= 15 is 0 Å². The molecule has 0 spiro atoms. The zero-order valence-corrected chi connectivity index (χ0v) is 11.8. The fraction of sp³-hybridized carbons (Fsp3) is 0.214. The number of anilines is 1. The van der Waals surface area contributed by atoms with Gasteiger partial charge >= 0.3 is 5.97 Å². The Morgan fingerprint density at radius 1 is 1.48 bits per heavy atom. The molecule has 7 heteroatoms. The van der Waals surface area contributed by atoms with Crippen LogP contribution in [0.3, 0.4) is 0 Å². The van der Waals surface area contributed by atoms with Crippen LogP contribution in [0, 0.1) is 0 Å². The molecule has 0 unspecified atom stereocenters. The van der Waals surface area contributed by atoms with E-state index < -0.39 is 5.97 Å². The third kappa shape index (κ3) is 3.19. The minimum absolute atomic E-state index is 0.199. The van der Waals surface area contributed by atoms with E-state index in [1.165, 1.54) is 23.6 Å². The summed E-state index contributed by atoms with van der Waals surface area (Å²) in [5, 5.41) is 11.8. The van der Waals surface area contributed by atoms with Gasteiger partial charge in [-0.3, -0.25) is 10.1 Å². The third-order valence-corrected chi connectivity index (χ3v) is 3.96. The summed E-state index contributed by atoms with van der Waals surface area (Å²) < 4.78 is 1.98. The summed E-state index contributed by atoms with van der Waals surface area (Å²) >= 11 is 1.23. The SMILES string of the molecule is O=C(O)C=Cc1cnc(NC(=O)c2cccn2C2CC2)s1. The van der Waals surface area contributed by atoms with Gasteiger partial charge in [-0.15, -0.1) is 0 Å². The lowest BCUT2D eigenvalue weighted by Gasteiger charge is -2.06. The topological polar surface area (TPSA) is 84.2 Å². The fourth-order valence-electron chi connectivity index (χ4n) is 1.99. The maximum absolute atomic E-state index is 12.2. The molecule has 0 aliphatic heterocycles. The van der Waals surface area contributed by atoms with Gasteiger partial charge in [-0.1, -0.05) is 11.3 Å². The van der Waals surface area contributed by atoms with Gasteiger partial charge < -0.3 is 9.67 Å². The highest BCUT2D eigenvalue weighted by Gasteiger charge is 2.26. The highest BCUT2D eigenvalue weighted by atomic mass is 32.1. The summed E-state index contributed by atoms with van der Waals surface area (Å²) in [5.74, 6) is -1.22. The van der Waals surface area contributed by atoms with Crippen molar-refractivity contribution in [1.29, 1.82) is 0 Å². The predicted molar refractivity (Wildman–Crippen MR) is 79.4 cm³/mol. The molecule has 2 heterocycles. The van der Waals surface area contributed by atoms with E-state index in [0.29, 0.717) is 21.7 Å². The molecule has 0 aromatic carbocycles. The van der Waals surface area contributed by atoms with Gasteiger partial charge in [0.05, 0.1) is 0 Å². The molecule has 0 radical (unpaired) electrons. The number of rotatable bonds is 5. The van der Waals surface area contributed by atoms with Crippen LogP contribution in [0.2, 0.25) is 0 Å². The first-order valence-corrected chi connectivity index (χ1v) is 7.30. The van der Waals surface area contributed by atoms with Crippen molar-refractivity contribution in [3.8, 4) is 0 Å². The van der Waals surface area contributed by atoms with E-state index in [4.69, 9.17) is 5.11 Å². The molecule has 108 valence electrons. The molecule has 6 nitrogen and oxygen atoms in total. The summed E-state index contributed by atoms with van der Waals surface area (Å²) in [6.45, 7) is 0. The number of aromatic nitrogens is 2. The summed E-state index contributed by atoms with van der Waals surface area (Å²) in [4.78, 5) is 27.4. The number of carbonyl (C=O) groups excluding carboxylic acids is 1. The minimum Gasteiger partial charge on any atom is -0.478 e. The number of carboxylic acids is 1. The fourth-order valence-corrected chi connectivity index (χ4v) is 2.71. The molecule has 1 fully saturated rings. The Balaban J connectivity index is 1.70. The Morgan fingerprint density at radius 2 is 2.29 bits per heavy atom. The molecular weight excluding hydrogens is 290 g/mol. The highest BCUT2D eigenvalue weighted by molar-refractivity contribution is 7.16. The Morgan fingerprint density at radius 3 is 3.00 bits per heavy atom. The number of amides is 1. The van der Waals surface area contributed by atoms with Crippen LogP contribution in [-0.2, 0) is 4.79 Å². The summed E-state index contributed by atoms with van der Waals surface area (Å²) in [5.41, 5.74) is 0.621. The number of hydrogen-bond acceptors (Lipinski definition) is 4. The second kappa shape index (κ2) is 5.53. The molecule has 0 bridgehead atoms. The molecule has 1 aliphatic rings. The van der Waals surface area contributed by atoms with Crippen molar-refractivity contribution in [3.63, 3.8) is 0 Å². The van der Waals surface area contributed by atoms with Gasteiger partial charge in [0.25, 0.3) is 5.91 Å². The lowest BCUT2D eigenvalue weighted by Crippen LogP contribution is -2.16. The number of carboxylic acid groups (broad SMARTS) is 1. The number of carbonyl (C=O) groups is 2. The van der Waals surface area contributed by atoms with Crippen molar-refractivity contribution >= 4 is 34.4 Å². The van der Waals surface area contributed by atoms with Crippen molar-refractivity contribution < 1.29 is 14.7 Å². The van der Waals surface area contributed by atoms with E-state index in [2.05, 4.69) is 10.3 Å². The number of nitrogens with one attached hydrogen (secondary N) is 1. The molecule has 2 aromatic heterocycles. The van der Waals surface area contributed by atoms with Crippen LogP contribution < -0.4 is 5.32 Å². The lowest BCUT2D eigenvalue weighted by molar-refractivity contribution is -0.131. The molecule has 0 saturated heterocycles. The Labute approximate surface area is 124 Å². The van der Waals surface area contributed by atoms with Crippen molar-refractivity contribution in [2.45, 2.75) is 18.9 Å². The zero-order chi connectivity index (χ0) is 14.8. The Bertz CT molecular complexity index is 713. The largest absolute Gasteiger partial charge is 0.478 e. The lowest BCUT2D eigenvalue weighted by atomic mass is 10.4. The summed E-state index contributed by atoms with van der Waals surface area (Å²) in [7, 11) is 0. The highest BCUT2D eigenvalue weighted by Crippen LogP contribution is 2.36. The van der Waals surface area contributed by atoms with Crippen molar-refractivity contribution in [2.75, 3.05) is 5.32 Å². The first-order chi connectivity index (χ1) is 10.1. The molecule has 3 rings (SSSR count). The van der Waals surface area contributed by atoms with Crippen molar-refractivity contribution in [2.24, 2.45) is 0 Å². The van der Waals surface area contributed by atoms with Gasteiger partial charge in [-0.25, -0.2) is 9.78 Å². The molecule has 1 saturated carbocycles. The Hall–Kier alpha value is -2.41. The molecule has 1 aliphatic carbocycles. The average molecular weight is 303 g/mol. The average Bonchev–Trinajstić information content (AvgIpc) is 3.00. The monoisotopic (exact) mass is 303 g/mol. The predicted octanol–water partition coefficient (Wildman–Crippen LogP) is 2.63. The smallest absolute Gasteiger partial charge is 0.328 e. The van der Waals surface area contributed by atoms with Crippen LogP contribution >= 0.6 is 11.3 Å². The van der Waals surface area contributed by atoms with Crippen LogP contribution in [0.1, 0.15) is 34.2 Å². The molecule has 2 N–H and O–H groups in total. The second-order valence-corrected chi connectivity index (χ2v) is 5.79. The van der Waals surface area contributed by atoms with Gasteiger partial charge in [0, 0.05) is 29.4 Å². The zero-order valence-electron chi connectivity index (χ0n) is 11.0. The molecule has 0 atom stereocenters. The first-order valence-electron chi connectivity index (χ1n) is 6.48. The van der Waals surface area contributed by atoms with Gasteiger partial charge in [0.2, 0.25) is 0 Å². The van der Waals surface area contributed by atoms with Gasteiger partial charge in [-0.05, 0) is 31.1 Å². The van der Waals surface area contributed by atoms with Crippen LogP contribution in [-0.4, -0.2) is 26.5 Å². The maximum Gasteiger partial charge on any atom is 0.328 e. The van der Waals surface area contributed by atoms with E-state index in [1.54, 1.807) is 6.07 Å². The van der Waals surface area contributed by atoms with Gasteiger partial charge in [0.1, 0.15) is 5.69 Å². The van der Waals surface area contributed by atoms with Crippen LogP contribution in [0.5, 0.6) is 0 Å².